The van der Waals surface area contributed by atoms with E-state index in [0.717, 1.165) is 16.5 Å². The second-order valence-electron chi connectivity index (χ2n) is 6.78. The number of nitrogens with one attached hydrogen (secondary N) is 1. The zero-order chi connectivity index (χ0) is 19.5. The molecule has 0 spiro atoms. The highest BCUT2D eigenvalue weighted by Gasteiger charge is 2.28. The first-order chi connectivity index (χ1) is 13.6. The summed E-state index contributed by atoms with van der Waals surface area (Å²) >= 11 is 1.45. The lowest BCUT2D eigenvalue weighted by molar-refractivity contribution is -0.121. The van der Waals surface area contributed by atoms with E-state index in [1.807, 2.05) is 52.2 Å². The number of pyridine rings is 1. The summed E-state index contributed by atoms with van der Waals surface area (Å²) in [5.41, 5.74) is 0.670. The maximum atomic E-state index is 12.6. The standard InChI is InChI=1S/C20H21N5O2S/c1-14-21-8-11-25(14)18-5-4-16(13-22-18)23-19(26)15-6-9-24(10-7-15)20(27)17-3-2-12-28-17/h2-5,8,11-13,15H,6-7,9-10H2,1H3,(H,23,26). The highest BCUT2D eigenvalue weighted by Crippen LogP contribution is 2.22. The summed E-state index contributed by atoms with van der Waals surface area (Å²) in [6.07, 6.45) is 6.57. The third kappa shape index (κ3) is 3.82. The van der Waals surface area contributed by atoms with Gasteiger partial charge in [-0.25, -0.2) is 9.97 Å². The third-order valence-corrected chi connectivity index (χ3v) is 5.83. The van der Waals surface area contributed by atoms with Crippen molar-refractivity contribution in [3.63, 3.8) is 0 Å². The van der Waals surface area contributed by atoms with Gasteiger partial charge in [-0.2, -0.15) is 0 Å². The number of amides is 2. The number of aromatic nitrogens is 3. The van der Waals surface area contributed by atoms with Crippen LogP contribution in [0.1, 0.15) is 28.3 Å². The van der Waals surface area contributed by atoms with Crippen molar-refractivity contribution in [3.8, 4) is 5.82 Å². The van der Waals surface area contributed by atoms with E-state index in [1.54, 1.807) is 12.4 Å². The van der Waals surface area contributed by atoms with Crippen LogP contribution >= 0.6 is 11.3 Å². The Morgan fingerprint density at radius 3 is 2.61 bits per heavy atom. The number of hydrogen-bond acceptors (Lipinski definition) is 5. The molecule has 0 aromatic carbocycles. The van der Waals surface area contributed by atoms with Gasteiger partial charge in [-0.05, 0) is 43.3 Å². The van der Waals surface area contributed by atoms with Crippen LogP contribution in [0.15, 0.2) is 48.2 Å². The lowest BCUT2D eigenvalue weighted by atomic mass is 9.95. The maximum Gasteiger partial charge on any atom is 0.263 e. The Labute approximate surface area is 167 Å². The first kappa shape index (κ1) is 18.4. The lowest BCUT2D eigenvalue weighted by Gasteiger charge is -2.31. The number of rotatable bonds is 4. The summed E-state index contributed by atoms with van der Waals surface area (Å²) < 4.78 is 1.88. The molecule has 0 aliphatic carbocycles. The predicted octanol–water partition coefficient (Wildman–Crippen LogP) is 3.13. The molecule has 4 heterocycles. The van der Waals surface area contributed by atoms with Crippen molar-refractivity contribution in [1.82, 2.24) is 19.4 Å². The van der Waals surface area contributed by atoms with Crippen LogP contribution in [-0.2, 0) is 4.79 Å². The Bertz CT molecular complexity index is 957. The number of piperidine rings is 1. The van der Waals surface area contributed by atoms with Gasteiger partial charge in [0.05, 0.1) is 16.8 Å². The molecule has 0 saturated carbocycles. The number of hydrogen-bond donors (Lipinski definition) is 1. The van der Waals surface area contributed by atoms with E-state index in [1.165, 1.54) is 11.3 Å². The third-order valence-electron chi connectivity index (χ3n) is 4.97. The van der Waals surface area contributed by atoms with Gasteiger partial charge < -0.3 is 10.2 Å². The number of anilines is 1. The largest absolute Gasteiger partial charge is 0.338 e. The van der Waals surface area contributed by atoms with Crippen molar-refractivity contribution in [3.05, 3.63) is 58.9 Å². The van der Waals surface area contributed by atoms with E-state index in [4.69, 9.17) is 0 Å². The quantitative estimate of drug-likeness (QED) is 0.736. The van der Waals surface area contributed by atoms with E-state index < -0.39 is 0 Å². The minimum atomic E-state index is -0.0945. The van der Waals surface area contributed by atoms with Crippen LogP contribution in [0.25, 0.3) is 5.82 Å². The number of likely N-dealkylation sites (tertiary alicyclic amines) is 1. The van der Waals surface area contributed by atoms with E-state index in [0.29, 0.717) is 31.6 Å². The highest BCUT2D eigenvalue weighted by atomic mass is 32.1. The monoisotopic (exact) mass is 395 g/mol. The molecule has 0 unspecified atom stereocenters. The fraction of sp³-hybridized carbons (Fsp3) is 0.300. The van der Waals surface area contributed by atoms with Crippen LogP contribution in [-0.4, -0.2) is 44.3 Å². The zero-order valence-electron chi connectivity index (χ0n) is 15.5. The number of carbonyl (C=O) groups excluding carboxylic acids is 2. The summed E-state index contributed by atoms with van der Waals surface area (Å²) in [5, 5.41) is 4.85. The first-order valence-corrected chi connectivity index (χ1v) is 10.1. The normalized spacial score (nSPS) is 14.8. The molecular weight excluding hydrogens is 374 g/mol. The fourth-order valence-corrected chi connectivity index (χ4v) is 4.06. The minimum Gasteiger partial charge on any atom is -0.338 e. The summed E-state index contributed by atoms with van der Waals surface area (Å²) in [5.74, 6) is 1.56. The Morgan fingerprint density at radius 1 is 1.18 bits per heavy atom. The van der Waals surface area contributed by atoms with E-state index in [2.05, 4.69) is 15.3 Å². The Balaban J connectivity index is 1.32. The van der Waals surface area contributed by atoms with Crippen LogP contribution in [0, 0.1) is 12.8 Å². The van der Waals surface area contributed by atoms with Crippen LogP contribution < -0.4 is 5.32 Å². The van der Waals surface area contributed by atoms with Gasteiger partial charge in [0.1, 0.15) is 11.6 Å². The summed E-state index contributed by atoms with van der Waals surface area (Å²) in [6.45, 7) is 3.12. The van der Waals surface area contributed by atoms with Crippen LogP contribution in [0.4, 0.5) is 5.69 Å². The molecule has 144 valence electrons. The number of imidazole rings is 1. The van der Waals surface area contributed by atoms with Gasteiger partial charge in [0, 0.05) is 31.4 Å². The average molecular weight is 395 g/mol. The van der Waals surface area contributed by atoms with Crippen LogP contribution in [0.5, 0.6) is 0 Å². The molecule has 0 atom stereocenters. The summed E-state index contributed by atoms with van der Waals surface area (Å²) in [7, 11) is 0. The van der Waals surface area contributed by atoms with Gasteiger partial charge >= 0.3 is 0 Å². The van der Waals surface area contributed by atoms with Gasteiger partial charge in [0.2, 0.25) is 5.91 Å². The highest BCUT2D eigenvalue weighted by molar-refractivity contribution is 7.12. The summed E-state index contributed by atoms with van der Waals surface area (Å²) in [6, 6.07) is 7.42. The molecule has 0 radical (unpaired) electrons. The zero-order valence-corrected chi connectivity index (χ0v) is 16.4. The SMILES string of the molecule is Cc1nccn1-c1ccc(NC(=O)C2CCN(C(=O)c3cccs3)CC2)cn1. The van der Waals surface area contributed by atoms with Gasteiger partial charge in [0.15, 0.2) is 0 Å². The number of nitrogens with zero attached hydrogens (tertiary/aromatic N) is 4. The van der Waals surface area contributed by atoms with Gasteiger partial charge in [-0.1, -0.05) is 6.07 Å². The van der Waals surface area contributed by atoms with Gasteiger partial charge in [-0.3, -0.25) is 14.2 Å². The van der Waals surface area contributed by atoms with Crippen molar-refractivity contribution < 1.29 is 9.59 Å². The Kier molecular flexibility index (Phi) is 5.21. The fourth-order valence-electron chi connectivity index (χ4n) is 3.37. The molecule has 28 heavy (non-hydrogen) atoms. The summed E-state index contributed by atoms with van der Waals surface area (Å²) in [4.78, 5) is 36.2. The minimum absolute atomic E-state index is 0.0171. The topological polar surface area (TPSA) is 80.1 Å². The van der Waals surface area contributed by atoms with E-state index in [9.17, 15) is 9.59 Å². The molecule has 1 N–H and O–H groups in total. The predicted molar refractivity (Wildman–Crippen MR) is 108 cm³/mol. The van der Waals surface area contributed by atoms with Gasteiger partial charge in [0.25, 0.3) is 5.91 Å². The number of aryl methyl sites for hydroxylation is 1. The molecule has 8 heteroatoms. The maximum absolute atomic E-state index is 12.6. The molecule has 2 amide bonds. The Morgan fingerprint density at radius 2 is 2.00 bits per heavy atom. The first-order valence-electron chi connectivity index (χ1n) is 9.22. The number of carbonyl (C=O) groups is 2. The van der Waals surface area contributed by atoms with Gasteiger partial charge in [-0.15, -0.1) is 11.3 Å². The number of thiophene rings is 1. The molecule has 7 nitrogen and oxygen atoms in total. The van der Waals surface area contributed by atoms with E-state index >= 15 is 0 Å². The lowest BCUT2D eigenvalue weighted by Crippen LogP contribution is -2.41. The van der Waals surface area contributed by atoms with E-state index in [-0.39, 0.29) is 17.7 Å². The average Bonchev–Trinajstić information content (AvgIpc) is 3.40. The van der Waals surface area contributed by atoms with Crippen molar-refractivity contribution in [1.29, 1.82) is 0 Å². The molecule has 1 saturated heterocycles. The molecule has 3 aromatic heterocycles. The molecular formula is C20H21N5O2S. The molecule has 1 aliphatic heterocycles. The van der Waals surface area contributed by atoms with Crippen molar-refractivity contribution in [2.45, 2.75) is 19.8 Å². The smallest absolute Gasteiger partial charge is 0.263 e. The van der Waals surface area contributed by atoms with Crippen molar-refractivity contribution in [2.24, 2.45) is 5.92 Å². The molecule has 0 bridgehead atoms. The second kappa shape index (κ2) is 7.93. The van der Waals surface area contributed by atoms with Crippen molar-refractivity contribution in [2.75, 3.05) is 18.4 Å². The molecule has 1 aliphatic rings. The molecule has 3 aromatic rings. The molecule has 4 rings (SSSR count). The second-order valence-corrected chi connectivity index (χ2v) is 7.73. The van der Waals surface area contributed by atoms with Crippen LogP contribution in [0.2, 0.25) is 0 Å². The van der Waals surface area contributed by atoms with Crippen LogP contribution in [0.3, 0.4) is 0 Å². The molecule has 1 fully saturated rings. The van der Waals surface area contributed by atoms with Crippen molar-refractivity contribution >= 4 is 28.8 Å². The Hall–Kier alpha value is -3.00.